The van der Waals surface area contributed by atoms with Crippen LogP contribution in [0.4, 0.5) is 5.82 Å². The molecular formula is C10H12Cl2N2O. The van der Waals surface area contributed by atoms with Gasteiger partial charge in [-0.05, 0) is 12.1 Å². The van der Waals surface area contributed by atoms with Crippen LogP contribution in [0.1, 0.15) is 5.69 Å². The molecule has 0 bridgehead atoms. The molecule has 0 saturated carbocycles. The maximum atomic E-state index is 5.93. The molecule has 0 N–H and O–H groups in total. The lowest BCUT2D eigenvalue weighted by atomic mass is 10.1. The van der Waals surface area contributed by atoms with Gasteiger partial charge in [-0.25, -0.2) is 4.98 Å². The molecule has 0 radical (unpaired) electrons. The van der Waals surface area contributed by atoms with Crippen molar-refractivity contribution in [2.45, 2.75) is 12.0 Å². The molecule has 15 heavy (non-hydrogen) atoms. The normalized spacial score (nSPS) is 16.6. The molecule has 3 nitrogen and oxygen atoms in total. The first-order valence-corrected chi connectivity index (χ1v) is 5.65. The Hall–Kier alpha value is -0.510. The van der Waals surface area contributed by atoms with Crippen LogP contribution in [-0.2, 0) is 10.6 Å². The molecule has 0 spiro atoms. The summed E-state index contributed by atoms with van der Waals surface area (Å²) in [6.45, 7) is 1.76. The van der Waals surface area contributed by atoms with E-state index in [0.717, 1.165) is 24.6 Å². The molecule has 0 atom stereocenters. The van der Waals surface area contributed by atoms with Crippen LogP contribution >= 0.6 is 23.2 Å². The van der Waals surface area contributed by atoms with Crippen molar-refractivity contribution >= 4 is 29.0 Å². The van der Waals surface area contributed by atoms with Gasteiger partial charge in [-0.15, -0.1) is 11.6 Å². The van der Waals surface area contributed by atoms with Crippen LogP contribution in [0.5, 0.6) is 0 Å². The van der Waals surface area contributed by atoms with Crippen molar-refractivity contribution < 1.29 is 4.74 Å². The minimum absolute atomic E-state index is 0.321. The molecule has 0 unspecified atom stereocenters. The summed E-state index contributed by atoms with van der Waals surface area (Å²) in [4.78, 5) is 6.53. The molecule has 2 rings (SSSR count). The second kappa shape index (κ2) is 4.56. The highest BCUT2D eigenvalue weighted by Crippen LogP contribution is 2.24. The van der Waals surface area contributed by atoms with Gasteiger partial charge in [0.05, 0.1) is 22.7 Å². The number of nitrogens with zero attached hydrogens (tertiary/aromatic N) is 2. The smallest absolute Gasteiger partial charge is 0.129 e. The van der Waals surface area contributed by atoms with Crippen LogP contribution < -0.4 is 4.90 Å². The van der Waals surface area contributed by atoms with Gasteiger partial charge in [0.1, 0.15) is 5.82 Å². The Kier molecular flexibility index (Phi) is 3.34. The predicted molar refractivity (Wildman–Crippen MR) is 61.8 cm³/mol. The van der Waals surface area contributed by atoms with Crippen LogP contribution in [0, 0.1) is 0 Å². The van der Waals surface area contributed by atoms with Gasteiger partial charge in [-0.1, -0.05) is 11.6 Å². The lowest BCUT2D eigenvalue weighted by Crippen LogP contribution is -2.52. The molecule has 5 heteroatoms. The molecular weight excluding hydrogens is 235 g/mol. The Morgan fingerprint density at radius 2 is 2.27 bits per heavy atom. The first kappa shape index (κ1) is 11.0. The van der Waals surface area contributed by atoms with Crippen molar-refractivity contribution in [3.8, 4) is 0 Å². The van der Waals surface area contributed by atoms with E-state index in [-0.39, 0.29) is 0 Å². The molecule has 1 aliphatic heterocycles. The number of rotatable bonds is 3. The van der Waals surface area contributed by atoms with Crippen LogP contribution in [0.3, 0.4) is 0 Å². The summed E-state index contributed by atoms with van der Waals surface area (Å²) in [7, 11) is 1.72. The molecule has 0 amide bonds. The molecule has 1 aromatic heterocycles. The van der Waals surface area contributed by atoms with E-state index >= 15 is 0 Å². The lowest BCUT2D eigenvalue weighted by molar-refractivity contribution is 0.0783. The molecule has 1 aromatic rings. The second-order valence-corrected chi connectivity index (χ2v) is 4.17. The first-order valence-electron chi connectivity index (χ1n) is 4.73. The van der Waals surface area contributed by atoms with E-state index in [9.17, 15) is 0 Å². The standard InChI is InChI=1S/C10H12Cl2N2O/c1-15-7-5-14(6-7)10-3-2-8(12)9(4-11)13-10/h2-3,7H,4-6H2,1H3. The highest BCUT2D eigenvalue weighted by molar-refractivity contribution is 6.32. The average Bonchev–Trinajstić information content (AvgIpc) is 2.19. The van der Waals surface area contributed by atoms with E-state index in [2.05, 4.69) is 9.88 Å². The third-order valence-electron chi connectivity index (χ3n) is 2.54. The number of aromatic nitrogens is 1. The highest BCUT2D eigenvalue weighted by atomic mass is 35.5. The van der Waals surface area contributed by atoms with E-state index in [1.54, 1.807) is 7.11 Å². The van der Waals surface area contributed by atoms with E-state index in [1.807, 2.05) is 12.1 Å². The van der Waals surface area contributed by atoms with Gasteiger partial charge in [-0.3, -0.25) is 0 Å². The highest BCUT2D eigenvalue weighted by Gasteiger charge is 2.27. The van der Waals surface area contributed by atoms with Crippen molar-refractivity contribution in [1.29, 1.82) is 0 Å². The third kappa shape index (κ3) is 2.19. The first-order chi connectivity index (χ1) is 7.24. The van der Waals surface area contributed by atoms with Gasteiger partial charge in [0.25, 0.3) is 0 Å². The van der Waals surface area contributed by atoms with Gasteiger partial charge < -0.3 is 9.64 Å². The topological polar surface area (TPSA) is 25.4 Å². The molecule has 1 fully saturated rings. The van der Waals surface area contributed by atoms with E-state index in [4.69, 9.17) is 27.9 Å². The summed E-state index contributed by atoms with van der Waals surface area (Å²) in [5.41, 5.74) is 0.733. The van der Waals surface area contributed by atoms with Gasteiger partial charge in [-0.2, -0.15) is 0 Å². The third-order valence-corrected chi connectivity index (χ3v) is 3.13. The predicted octanol–water partition coefficient (Wildman–Crippen LogP) is 2.31. The zero-order valence-corrected chi connectivity index (χ0v) is 9.92. The van der Waals surface area contributed by atoms with Gasteiger partial charge in [0.15, 0.2) is 0 Å². The van der Waals surface area contributed by atoms with Crippen molar-refractivity contribution in [3.63, 3.8) is 0 Å². The number of alkyl halides is 1. The molecule has 2 heterocycles. The number of hydrogen-bond donors (Lipinski definition) is 0. The minimum atomic E-state index is 0.321. The van der Waals surface area contributed by atoms with Crippen LogP contribution in [-0.4, -0.2) is 31.3 Å². The number of pyridine rings is 1. The van der Waals surface area contributed by atoms with Crippen LogP contribution in [0.2, 0.25) is 5.02 Å². The van der Waals surface area contributed by atoms with Gasteiger partial charge in [0, 0.05) is 20.2 Å². The molecule has 0 aromatic carbocycles. The zero-order chi connectivity index (χ0) is 10.8. The van der Waals surface area contributed by atoms with Crippen molar-refractivity contribution in [2.24, 2.45) is 0 Å². The Bertz CT molecular complexity index is 353. The monoisotopic (exact) mass is 246 g/mol. The minimum Gasteiger partial charge on any atom is -0.378 e. The van der Waals surface area contributed by atoms with Crippen molar-refractivity contribution in [3.05, 3.63) is 22.8 Å². The maximum absolute atomic E-state index is 5.93. The molecule has 1 saturated heterocycles. The number of anilines is 1. The Morgan fingerprint density at radius 3 is 2.87 bits per heavy atom. The van der Waals surface area contributed by atoms with Gasteiger partial charge >= 0.3 is 0 Å². The number of methoxy groups -OCH3 is 1. The van der Waals surface area contributed by atoms with E-state index in [1.165, 1.54) is 0 Å². The largest absolute Gasteiger partial charge is 0.378 e. The maximum Gasteiger partial charge on any atom is 0.129 e. The van der Waals surface area contributed by atoms with Crippen molar-refractivity contribution in [2.75, 3.05) is 25.1 Å². The lowest BCUT2D eigenvalue weighted by Gasteiger charge is -2.39. The van der Waals surface area contributed by atoms with Crippen LogP contribution in [0.15, 0.2) is 12.1 Å². The fourth-order valence-electron chi connectivity index (χ4n) is 1.52. The Labute approximate surface area is 98.9 Å². The SMILES string of the molecule is COC1CN(c2ccc(Cl)c(CCl)n2)C1. The molecule has 1 aliphatic rings. The average molecular weight is 247 g/mol. The van der Waals surface area contributed by atoms with Crippen molar-refractivity contribution in [1.82, 2.24) is 4.98 Å². The summed E-state index contributed by atoms with van der Waals surface area (Å²) in [5, 5.41) is 0.623. The summed E-state index contributed by atoms with van der Waals surface area (Å²) >= 11 is 11.7. The summed E-state index contributed by atoms with van der Waals surface area (Å²) in [6, 6.07) is 3.74. The second-order valence-electron chi connectivity index (χ2n) is 3.49. The number of halogens is 2. The Balaban J connectivity index is 2.10. The fraction of sp³-hybridized carbons (Fsp3) is 0.500. The fourth-order valence-corrected chi connectivity index (χ4v) is 1.96. The number of hydrogen-bond acceptors (Lipinski definition) is 3. The Morgan fingerprint density at radius 1 is 1.53 bits per heavy atom. The quantitative estimate of drug-likeness (QED) is 0.766. The summed E-state index contributed by atoms with van der Waals surface area (Å²) in [5.74, 6) is 1.26. The van der Waals surface area contributed by atoms with E-state index in [0.29, 0.717) is 17.0 Å². The number of ether oxygens (including phenoxy) is 1. The summed E-state index contributed by atoms with van der Waals surface area (Å²) < 4.78 is 5.20. The van der Waals surface area contributed by atoms with Crippen LogP contribution in [0.25, 0.3) is 0 Å². The van der Waals surface area contributed by atoms with E-state index < -0.39 is 0 Å². The summed E-state index contributed by atoms with van der Waals surface area (Å²) in [6.07, 6.45) is 0.321. The molecule has 82 valence electrons. The zero-order valence-electron chi connectivity index (χ0n) is 8.41. The molecule has 0 aliphatic carbocycles. The van der Waals surface area contributed by atoms with Gasteiger partial charge in [0.2, 0.25) is 0 Å².